The summed E-state index contributed by atoms with van der Waals surface area (Å²) in [6.45, 7) is 1.97. The summed E-state index contributed by atoms with van der Waals surface area (Å²) in [7, 11) is 1.75. The summed E-state index contributed by atoms with van der Waals surface area (Å²) >= 11 is 1.48. The number of hydrogen-bond donors (Lipinski definition) is 0. The fourth-order valence-electron chi connectivity index (χ4n) is 1.55. The van der Waals surface area contributed by atoms with Gasteiger partial charge in [-0.05, 0) is 25.3 Å². The van der Waals surface area contributed by atoms with Crippen LogP contribution < -0.4 is 5.56 Å². The first kappa shape index (κ1) is 10.2. The average molecular weight is 220 g/mol. The minimum Gasteiger partial charge on any atom is -0.290 e. The summed E-state index contributed by atoms with van der Waals surface area (Å²) in [6.07, 6.45) is 1.92. The molecule has 4 heteroatoms. The highest BCUT2D eigenvalue weighted by Crippen LogP contribution is 2.15. The van der Waals surface area contributed by atoms with Crippen LogP contribution in [0.4, 0.5) is 0 Å². The Balaban J connectivity index is 2.91. The van der Waals surface area contributed by atoms with Crippen molar-refractivity contribution in [1.29, 1.82) is 0 Å². The van der Waals surface area contributed by atoms with E-state index in [1.54, 1.807) is 11.6 Å². The number of rotatable bonds is 1. The third kappa shape index (κ3) is 1.65. The maximum absolute atomic E-state index is 12.0. The van der Waals surface area contributed by atoms with Gasteiger partial charge in [0.15, 0.2) is 5.16 Å². The Kier molecular flexibility index (Phi) is 2.52. The van der Waals surface area contributed by atoms with E-state index in [1.807, 2.05) is 31.4 Å². The number of aryl methyl sites for hydroxylation is 1. The molecule has 15 heavy (non-hydrogen) atoms. The lowest BCUT2D eigenvalue weighted by atomic mass is 10.2. The molecule has 0 unspecified atom stereocenters. The van der Waals surface area contributed by atoms with Crippen molar-refractivity contribution in [3.05, 3.63) is 34.1 Å². The Morgan fingerprint density at radius 3 is 2.80 bits per heavy atom. The topological polar surface area (TPSA) is 34.9 Å². The highest BCUT2D eigenvalue weighted by Gasteiger charge is 2.06. The van der Waals surface area contributed by atoms with Crippen molar-refractivity contribution >= 4 is 22.7 Å². The Hall–Kier alpha value is -1.29. The van der Waals surface area contributed by atoms with Crippen LogP contribution in [-0.4, -0.2) is 15.8 Å². The van der Waals surface area contributed by atoms with Gasteiger partial charge in [-0.15, -0.1) is 0 Å². The molecule has 0 aliphatic heterocycles. The number of aromatic nitrogens is 2. The monoisotopic (exact) mass is 220 g/mol. The van der Waals surface area contributed by atoms with E-state index in [9.17, 15) is 4.79 Å². The van der Waals surface area contributed by atoms with Gasteiger partial charge in [0.2, 0.25) is 0 Å². The molecule has 0 aliphatic carbocycles. The van der Waals surface area contributed by atoms with Crippen molar-refractivity contribution in [1.82, 2.24) is 9.55 Å². The molecule has 3 nitrogen and oxygen atoms in total. The second-order valence-electron chi connectivity index (χ2n) is 3.48. The van der Waals surface area contributed by atoms with Crippen LogP contribution in [0.2, 0.25) is 0 Å². The zero-order valence-electron chi connectivity index (χ0n) is 8.94. The summed E-state index contributed by atoms with van der Waals surface area (Å²) in [5.41, 5.74) is 1.87. The lowest BCUT2D eigenvalue weighted by Crippen LogP contribution is -2.19. The number of benzene rings is 1. The molecule has 0 N–H and O–H groups in total. The molecule has 0 atom stereocenters. The molecule has 78 valence electrons. The molecule has 0 radical (unpaired) electrons. The normalized spacial score (nSPS) is 10.9. The lowest BCUT2D eigenvalue weighted by Gasteiger charge is -2.06. The van der Waals surface area contributed by atoms with Gasteiger partial charge in [-0.1, -0.05) is 23.4 Å². The van der Waals surface area contributed by atoms with Crippen LogP contribution in [0.5, 0.6) is 0 Å². The van der Waals surface area contributed by atoms with Gasteiger partial charge in [0, 0.05) is 7.05 Å². The molecule has 1 aromatic carbocycles. The van der Waals surface area contributed by atoms with Gasteiger partial charge in [0.1, 0.15) is 0 Å². The largest absolute Gasteiger partial charge is 0.290 e. The summed E-state index contributed by atoms with van der Waals surface area (Å²) in [6, 6.07) is 5.75. The van der Waals surface area contributed by atoms with E-state index in [2.05, 4.69) is 4.98 Å². The minimum atomic E-state index is 0.0213. The van der Waals surface area contributed by atoms with Crippen LogP contribution in [0, 0.1) is 6.92 Å². The third-order valence-electron chi connectivity index (χ3n) is 2.37. The van der Waals surface area contributed by atoms with Gasteiger partial charge in [0.25, 0.3) is 5.56 Å². The SMILES string of the molecule is CSc1nc2ccc(C)cc2c(=O)n1C. The van der Waals surface area contributed by atoms with Gasteiger partial charge >= 0.3 is 0 Å². The van der Waals surface area contributed by atoms with E-state index in [-0.39, 0.29) is 5.56 Å². The van der Waals surface area contributed by atoms with Crippen LogP contribution in [0.15, 0.2) is 28.2 Å². The van der Waals surface area contributed by atoms with Crippen molar-refractivity contribution in [2.45, 2.75) is 12.1 Å². The highest BCUT2D eigenvalue weighted by molar-refractivity contribution is 7.98. The molecule has 0 saturated heterocycles. The molecule has 2 aromatic rings. The maximum Gasteiger partial charge on any atom is 0.261 e. The van der Waals surface area contributed by atoms with Gasteiger partial charge in [0.05, 0.1) is 10.9 Å². The Bertz CT molecular complexity index is 575. The Morgan fingerprint density at radius 2 is 2.13 bits per heavy atom. The van der Waals surface area contributed by atoms with E-state index in [0.29, 0.717) is 5.39 Å². The first-order chi connectivity index (χ1) is 7.13. The first-order valence-electron chi connectivity index (χ1n) is 4.65. The molecule has 0 saturated carbocycles. The van der Waals surface area contributed by atoms with E-state index in [1.165, 1.54) is 11.8 Å². The molecule has 0 fully saturated rings. The molecule has 0 bridgehead atoms. The van der Waals surface area contributed by atoms with Gasteiger partial charge < -0.3 is 0 Å². The van der Waals surface area contributed by atoms with Crippen LogP contribution in [0.1, 0.15) is 5.56 Å². The lowest BCUT2D eigenvalue weighted by molar-refractivity contribution is 0.727. The van der Waals surface area contributed by atoms with Gasteiger partial charge in [-0.2, -0.15) is 0 Å². The number of fused-ring (bicyclic) bond motifs is 1. The van der Waals surface area contributed by atoms with E-state index in [0.717, 1.165) is 16.2 Å². The van der Waals surface area contributed by atoms with Gasteiger partial charge in [-0.25, -0.2) is 4.98 Å². The molecule has 0 amide bonds. The number of thioether (sulfide) groups is 1. The Morgan fingerprint density at radius 1 is 1.40 bits per heavy atom. The minimum absolute atomic E-state index is 0.0213. The van der Waals surface area contributed by atoms with Crippen molar-refractivity contribution in [2.75, 3.05) is 6.26 Å². The van der Waals surface area contributed by atoms with Crippen LogP contribution in [0.3, 0.4) is 0 Å². The van der Waals surface area contributed by atoms with E-state index < -0.39 is 0 Å². The number of nitrogens with zero attached hydrogens (tertiary/aromatic N) is 2. The van der Waals surface area contributed by atoms with E-state index in [4.69, 9.17) is 0 Å². The van der Waals surface area contributed by atoms with Crippen molar-refractivity contribution in [3.8, 4) is 0 Å². The summed E-state index contributed by atoms with van der Waals surface area (Å²) in [4.78, 5) is 16.4. The molecule has 2 rings (SSSR count). The highest BCUT2D eigenvalue weighted by atomic mass is 32.2. The van der Waals surface area contributed by atoms with Crippen LogP contribution >= 0.6 is 11.8 Å². The molecular weight excluding hydrogens is 208 g/mol. The second kappa shape index (κ2) is 3.70. The summed E-state index contributed by atoms with van der Waals surface area (Å²) in [5, 5.41) is 1.44. The zero-order chi connectivity index (χ0) is 11.0. The number of hydrogen-bond acceptors (Lipinski definition) is 3. The Labute approximate surface area is 92.1 Å². The molecule has 0 spiro atoms. The van der Waals surface area contributed by atoms with Crippen LogP contribution in [-0.2, 0) is 7.05 Å². The van der Waals surface area contributed by atoms with Crippen molar-refractivity contribution in [3.63, 3.8) is 0 Å². The second-order valence-corrected chi connectivity index (χ2v) is 4.26. The fraction of sp³-hybridized carbons (Fsp3) is 0.273. The molecular formula is C11H12N2OS. The zero-order valence-corrected chi connectivity index (χ0v) is 9.76. The maximum atomic E-state index is 12.0. The molecule has 0 aliphatic rings. The van der Waals surface area contributed by atoms with Crippen molar-refractivity contribution < 1.29 is 0 Å². The summed E-state index contributed by atoms with van der Waals surface area (Å²) < 4.78 is 1.59. The fourth-order valence-corrected chi connectivity index (χ4v) is 2.09. The molecule has 1 heterocycles. The third-order valence-corrected chi connectivity index (χ3v) is 3.10. The molecule has 1 aromatic heterocycles. The van der Waals surface area contributed by atoms with Gasteiger partial charge in [-0.3, -0.25) is 9.36 Å². The van der Waals surface area contributed by atoms with E-state index >= 15 is 0 Å². The standard InChI is InChI=1S/C11H12N2OS/c1-7-4-5-9-8(6-7)10(14)13(2)11(12-9)15-3/h4-6H,1-3H3. The predicted molar refractivity (Wildman–Crippen MR) is 63.5 cm³/mol. The van der Waals surface area contributed by atoms with Crippen LogP contribution in [0.25, 0.3) is 10.9 Å². The smallest absolute Gasteiger partial charge is 0.261 e. The van der Waals surface area contributed by atoms with Crippen molar-refractivity contribution in [2.24, 2.45) is 7.05 Å². The summed E-state index contributed by atoms with van der Waals surface area (Å²) in [5.74, 6) is 0. The first-order valence-corrected chi connectivity index (χ1v) is 5.87. The average Bonchev–Trinajstić information content (AvgIpc) is 2.24. The predicted octanol–water partition coefficient (Wildman–Crippen LogP) is 1.96. The quantitative estimate of drug-likeness (QED) is 0.544.